The van der Waals surface area contributed by atoms with Gasteiger partial charge < -0.3 is 5.73 Å². The molecule has 5 nitrogen and oxygen atoms in total. The Labute approximate surface area is 132 Å². The number of sulfonamides is 1. The Morgan fingerprint density at radius 2 is 2.15 bits per heavy atom. The minimum Gasteiger partial charge on any atom is -0.383 e. The van der Waals surface area contributed by atoms with Crippen LogP contribution in [0.1, 0.15) is 20.3 Å². The van der Waals surface area contributed by atoms with Gasteiger partial charge in [-0.25, -0.2) is 13.4 Å². The predicted molar refractivity (Wildman–Crippen MR) is 86.3 cm³/mol. The van der Waals surface area contributed by atoms with Crippen LogP contribution >= 0.6 is 27.7 Å². The van der Waals surface area contributed by atoms with Crippen molar-refractivity contribution in [2.24, 2.45) is 0 Å². The molecule has 8 heteroatoms. The van der Waals surface area contributed by atoms with Crippen molar-refractivity contribution in [1.82, 2.24) is 9.29 Å². The summed E-state index contributed by atoms with van der Waals surface area (Å²) in [6.07, 6.45) is 2.31. The van der Waals surface area contributed by atoms with Gasteiger partial charge in [0.15, 0.2) is 0 Å². The molecule has 0 spiro atoms. The lowest BCUT2D eigenvalue weighted by atomic mass is 10.1. The van der Waals surface area contributed by atoms with Gasteiger partial charge in [-0.15, -0.1) is 0 Å². The molecule has 2 rings (SSSR count). The first-order valence-corrected chi connectivity index (χ1v) is 9.49. The summed E-state index contributed by atoms with van der Waals surface area (Å²) >= 11 is 5.04. The quantitative estimate of drug-likeness (QED) is 0.852. The van der Waals surface area contributed by atoms with Crippen molar-refractivity contribution in [1.29, 1.82) is 0 Å². The lowest BCUT2D eigenvalue weighted by molar-refractivity contribution is 0.415. The standard InChI is InChI=1S/C12H18BrN3O2S2/c1-12(2)3-4-16(5-6-19-12)20(17,18)10-7-9(13)8-15-11(10)14/h7-8H,3-6H2,1-2H3,(H2,14,15). The summed E-state index contributed by atoms with van der Waals surface area (Å²) in [4.78, 5) is 3.99. The zero-order valence-electron chi connectivity index (χ0n) is 11.5. The van der Waals surface area contributed by atoms with E-state index < -0.39 is 10.0 Å². The number of nitrogens with zero attached hydrogens (tertiary/aromatic N) is 2. The Balaban J connectivity index is 2.33. The third-order valence-electron chi connectivity index (χ3n) is 3.26. The van der Waals surface area contributed by atoms with Gasteiger partial charge in [0, 0.05) is 34.3 Å². The minimum absolute atomic E-state index is 0.0457. The van der Waals surface area contributed by atoms with Gasteiger partial charge in [-0.1, -0.05) is 13.8 Å². The lowest BCUT2D eigenvalue weighted by Crippen LogP contribution is -2.34. The zero-order chi connectivity index (χ0) is 15.0. The van der Waals surface area contributed by atoms with Crippen molar-refractivity contribution >= 4 is 43.5 Å². The summed E-state index contributed by atoms with van der Waals surface area (Å²) in [6, 6.07) is 1.51. The van der Waals surface area contributed by atoms with Crippen molar-refractivity contribution in [3.05, 3.63) is 16.7 Å². The summed E-state index contributed by atoms with van der Waals surface area (Å²) in [5, 5.41) is 0. The van der Waals surface area contributed by atoms with E-state index in [0.29, 0.717) is 17.6 Å². The van der Waals surface area contributed by atoms with E-state index in [-0.39, 0.29) is 15.5 Å². The first-order valence-electron chi connectivity index (χ1n) is 6.27. The number of thioether (sulfide) groups is 1. The molecule has 1 aliphatic rings. The Morgan fingerprint density at radius 1 is 1.45 bits per heavy atom. The van der Waals surface area contributed by atoms with Gasteiger partial charge in [0.05, 0.1) is 0 Å². The molecular formula is C12H18BrN3O2S2. The molecule has 0 aromatic carbocycles. The molecule has 20 heavy (non-hydrogen) atoms. The molecular weight excluding hydrogens is 362 g/mol. The van der Waals surface area contributed by atoms with E-state index in [9.17, 15) is 8.42 Å². The highest BCUT2D eigenvalue weighted by atomic mass is 79.9. The number of hydrogen-bond acceptors (Lipinski definition) is 5. The number of rotatable bonds is 2. The van der Waals surface area contributed by atoms with Gasteiger partial charge in [-0.05, 0) is 28.4 Å². The summed E-state index contributed by atoms with van der Waals surface area (Å²) in [5.74, 6) is 0.831. The molecule has 1 aliphatic heterocycles. The molecule has 0 radical (unpaired) electrons. The highest BCUT2D eigenvalue weighted by Crippen LogP contribution is 2.33. The van der Waals surface area contributed by atoms with Crippen LogP contribution in [0.25, 0.3) is 0 Å². The van der Waals surface area contributed by atoms with Gasteiger partial charge in [0.2, 0.25) is 10.0 Å². The van der Waals surface area contributed by atoms with Gasteiger partial charge in [0.25, 0.3) is 0 Å². The van der Waals surface area contributed by atoms with Crippen LogP contribution in [0.5, 0.6) is 0 Å². The Kier molecular flexibility index (Phi) is 4.68. The third-order valence-corrected chi connectivity index (χ3v) is 7.00. The minimum atomic E-state index is -3.59. The molecule has 2 N–H and O–H groups in total. The second-order valence-corrected chi connectivity index (χ2v) is 9.92. The van der Waals surface area contributed by atoms with Crippen molar-refractivity contribution in [3.63, 3.8) is 0 Å². The first-order chi connectivity index (χ1) is 9.22. The number of halogens is 1. The Bertz CT molecular complexity index is 605. The van der Waals surface area contributed by atoms with Crippen LogP contribution in [0, 0.1) is 0 Å². The summed E-state index contributed by atoms with van der Waals surface area (Å²) in [6.45, 7) is 5.29. The smallest absolute Gasteiger partial charge is 0.246 e. The van der Waals surface area contributed by atoms with E-state index in [1.165, 1.54) is 16.6 Å². The number of hydrogen-bond donors (Lipinski definition) is 1. The fourth-order valence-corrected chi connectivity index (χ4v) is 5.25. The molecule has 0 saturated carbocycles. The second-order valence-electron chi connectivity index (χ2n) is 5.30. The maximum atomic E-state index is 12.7. The fourth-order valence-electron chi connectivity index (χ4n) is 2.02. The molecule has 1 aromatic rings. The van der Waals surface area contributed by atoms with Gasteiger partial charge >= 0.3 is 0 Å². The molecule has 0 unspecified atom stereocenters. The van der Waals surface area contributed by atoms with Gasteiger partial charge in [-0.2, -0.15) is 16.1 Å². The highest BCUT2D eigenvalue weighted by Gasteiger charge is 2.32. The summed E-state index contributed by atoms with van der Waals surface area (Å²) < 4.78 is 27.6. The fraction of sp³-hybridized carbons (Fsp3) is 0.583. The number of pyridine rings is 1. The van der Waals surface area contributed by atoms with Crippen LogP contribution in [-0.2, 0) is 10.0 Å². The second kappa shape index (κ2) is 5.82. The van der Waals surface area contributed by atoms with Crippen LogP contribution in [0.15, 0.2) is 21.6 Å². The first kappa shape index (κ1) is 16.1. The van der Waals surface area contributed by atoms with Crippen LogP contribution < -0.4 is 5.73 Å². The van der Waals surface area contributed by atoms with Gasteiger partial charge in [0.1, 0.15) is 10.7 Å². The normalized spacial score (nSPS) is 20.6. The van der Waals surface area contributed by atoms with Crippen LogP contribution in [-0.4, -0.2) is 41.3 Å². The molecule has 0 bridgehead atoms. The van der Waals surface area contributed by atoms with Crippen LogP contribution in [0.3, 0.4) is 0 Å². The van der Waals surface area contributed by atoms with E-state index in [4.69, 9.17) is 5.73 Å². The molecule has 0 atom stereocenters. The van der Waals surface area contributed by atoms with Crippen molar-refractivity contribution in [2.45, 2.75) is 29.9 Å². The van der Waals surface area contributed by atoms with Crippen molar-refractivity contribution < 1.29 is 8.42 Å². The van der Waals surface area contributed by atoms with Crippen molar-refractivity contribution in [3.8, 4) is 0 Å². The largest absolute Gasteiger partial charge is 0.383 e. The monoisotopic (exact) mass is 379 g/mol. The van der Waals surface area contributed by atoms with Crippen molar-refractivity contribution in [2.75, 3.05) is 24.6 Å². The number of nitrogens with two attached hydrogens (primary N) is 1. The lowest BCUT2D eigenvalue weighted by Gasteiger charge is -2.22. The molecule has 0 aliphatic carbocycles. The maximum absolute atomic E-state index is 12.7. The average Bonchev–Trinajstić information content (AvgIpc) is 2.53. The van der Waals surface area contributed by atoms with E-state index in [0.717, 1.165) is 12.2 Å². The predicted octanol–water partition coefficient (Wildman–Crippen LogP) is 2.33. The number of anilines is 1. The maximum Gasteiger partial charge on any atom is 0.246 e. The molecule has 112 valence electrons. The zero-order valence-corrected chi connectivity index (χ0v) is 14.7. The van der Waals surface area contributed by atoms with E-state index in [2.05, 4.69) is 34.8 Å². The molecule has 2 heterocycles. The topological polar surface area (TPSA) is 76.3 Å². The molecule has 0 amide bonds. The molecule has 1 saturated heterocycles. The Morgan fingerprint density at radius 3 is 2.85 bits per heavy atom. The Hall–Kier alpha value is -0.310. The third kappa shape index (κ3) is 3.47. The van der Waals surface area contributed by atoms with Gasteiger partial charge in [-0.3, -0.25) is 0 Å². The molecule has 1 fully saturated rings. The summed E-state index contributed by atoms with van der Waals surface area (Å²) in [7, 11) is -3.59. The molecule has 1 aromatic heterocycles. The number of aromatic nitrogens is 1. The van der Waals surface area contributed by atoms with Crippen LogP contribution in [0.4, 0.5) is 5.82 Å². The SMILES string of the molecule is CC1(C)CCN(S(=O)(=O)c2cc(Br)cnc2N)CCS1. The van der Waals surface area contributed by atoms with E-state index in [1.807, 2.05) is 0 Å². The van der Waals surface area contributed by atoms with E-state index in [1.54, 1.807) is 11.8 Å². The van der Waals surface area contributed by atoms with Crippen LogP contribution in [0.2, 0.25) is 0 Å². The highest BCUT2D eigenvalue weighted by molar-refractivity contribution is 9.10. The van der Waals surface area contributed by atoms with E-state index >= 15 is 0 Å². The average molecular weight is 380 g/mol. The number of nitrogen functional groups attached to an aromatic ring is 1. The summed E-state index contributed by atoms with van der Waals surface area (Å²) in [5.41, 5.74) is 5.73.